The second-order valence-electron chi connectivity index (χ2n) is 4.98. The van der Waals surface area contributed by atoms with Gasteiger partial charge < -0.3 is 9.53 Å². The lowest BCUT2D eigenvalue weighted by molar-refractivity contribution is -0.108. The van der Waals surface area contributed by atoms with Crippen molar-refractivity contribution in [3.8, 4) is 5.75 Å². The minimum Gasteiger partial charge on any atom is -0.496 e. The first-order valence-corrected chi connectivity index (χ1v) is 7.03. The molecule has 0 saturated carbocycles. The molecule has 0 bridgehead atoms. The first-order valence-electron chi connectivity index (χ1n) is 6.24. The molecule has 0 radical (unpaired) electrons. The normalized spacial score (nSPS) is 12.6. The summed E-state index contributed by atoms with van der Waals surface area (Å²) in [6.45, 7) is 8.42. The molecule has 100 valence electrons. The molecule has 0 aliphatic carbocycles. The van der Waals surface area contributed by atoms with Crippen LogP contribution in [0, 0.1) is 6.92 Å². The Morgan fingerprint density at radius 2 is 2.00 bits per heavy atom. The second kappa shape index (κ2) is 6.37. The minimum atomic E-state index is 0.174. The lowest BCUT2D eigenvalue weighted by Gasteiger charge is -2.22. The fourth-order valence-corrected chi connectivity index (χ4v) is 2.74. The van der Waals surface area contributed by atoms with Gasteiger partial charge in [-0.3, -0.25) is 0 Å². The highest BCUT2D eigenvalue weighted by Gasteiger charge is 2.21. The van der Waals surface area contributed by atoms with E-state index in [2.05, 4.69) is 49.7 Å². The first-order chi connectivity index (χ1) is 8.43. The molecule has 1 aromatic carbocycles. The van der Waals surface area contributed by atoms with Gasteiger partial charge in [0.1, 0.15) is 12.0 Å². The van der Waals surface area contributed by atoms with E-state index in [0.29, 0.717) is 12.3 Å². The summed E-state index contributed by atoms with van der Waals surface area (Å²) in [5, 5.41) is 0. The van der Waals surface area contributed by atoms with Crippen LogP contribution in [0.4, 0.5) is 0 Å². The van der Waals surface area contributed by atoms with Gasteiger partial charge in [0.15, 0.2) is 0 Å². The summed E-state index contributed by atoms with van der Waals surface area (Å²) in [7, 11) is 1.70. The van der Waals surface area contributed by atoms with Crippen molar-refractivity contribution in [3.05, 3.63) is 27.2 Å². The van der Waals surface area contributed by atoms with Gasteiger partial charge in [-0.05, 0) is 36.0 Å². The molecular weight excluding hydrogens is 292 g/mol. The molecule has 1 aromatic rings. The lowest BCUT2D eigenvalue weighted by atomic mass is 9.88. The number of carbonyl (C=O) groups is 1. The maximum Gasteiger partial charge on any atom is 0.126 e. The number of aldehydes is 1. The summed E-state index contributed by atoms with van der Waals surface area (Å²) in [5.41, 5.74) is 3.48. The third-order valence-corrected chi connectivity index (χ3v) is 4.14. The summed E-state index contributed by atoms with van der Waals surface area (Å²) < 4.78 is 6.69. The van der Waals surface area contributed by atoms with Crippen LogP contribution in [0.3, 0.4) is 0 Å². The Kier molecular flexibility index (Phi) is 5.39. The third kappa shape index (κ3) is 2.94. The van der Waals surface area contributed by atoms with E-state index in [0.717, 1.165) is 27.6 Å². The first kappa shape index (κ1) is 15.2. The maximum atomic E-state index is 10.8. The van der Waals surface area contributed by atoms with Gasteiger partial charge in [-0.15, -0.1) is 0 Å². The molecule has 2 nitrogen and oxygen atoms in total. The minimum absolute atomic E-state index is 0.174. The van der Waals surface area contributed by atoms with Gasteiger partial charge in [0.05, 0.1) is 7.11 Å². The Labute approximate surface area is 118 Å². The molecular formula is C15H21BrO2. The van der Waals surface area contributed by atoms with Crippen LogP contribution in [0.2, 0.25) is 0 Å². The fraction of sp³-hybridized carbons (Fsp3) is 0.533. The topological polar surface area (TPSA) is 26.3 Å². The van der Waals surface area contributed by atoms with Gasteiger partial charge in [-0.2, -0.15) is 0 Å². The molecule has 1 atom stereocenters. The van der Waals surface area contributed by atoms with E-state index in [1.807, 2.05) is 0 Å². The summed E-state index contributed by atoms with van der Waals surface area (Å²) >= 11 is 3.60. The van der Waals surface area contributed by atoms with Crippen molar-refractivity contribution in [3.63, 3.8) is 0 Å². The van der Waals surface area contributed by atoms with Crippen molar-refractivity contribution in [2.75, 3.05) is 7.11 Å². The van der Waals surface area contributed by atoms with Gasteiger partial charge in [-0.25, -0.2) is 0 Å². The van der Waals surface area contributed by atoms with Gasteiger partial charge in [0.2, 0.25) is 0 Å². The van der Waals surface area contributed by atoms with Crippen LogP contribution in [0.5, 0.6) is 5.75 Å². The van der Waals surface area contributed by atoms with Crippen molar-refractivity contribution in [1.29, 1.82) is 0 Å². The molecule has 1 unspecified atom stereocenters. The SMILES string of the molecule is COc1c(C(C)C)cc(Br)c(C)c1C(C)CC=O. The number of ether oxygens (including phenoxy) is 1. The molecule has 0 aliphatic heterocycles. The number of carbonyl (C=O) groups excluding carboxylic acids is 1. The molecule has 0 spiro atoms. The smallest absolute Gasteiger partial charge is 0.126 e. The van der Waals surface area contributed by atoms with E-state index in [1.54, 1.807) is 7.11 Å². The zero-order valence-corrected chi connectivity index (χ0v) is 13.3. The lowest BCUT2D eigenvalue weighted by Crippen LogP contribution is -2.06. The molecule has 1 rings (SSSR count). The number of methoxy groups -OCH3 is 1. The van der Waals surface area contributed by atoms with Gasteiger partial charge in [0.25, 0.3) is 0 Å². The highest BCUT2D eigenvalue weighted by atomic mass is 79.9. The Bertz CT molecular complexity index is 439. The number of rotatable bonds is 5. The zero-order chi connectivity index (χ0) is 13.9. The second-order valence-corrected chi connectivity index (χ2v) is 5.83. The molecule has 0 amide bonds. The van der Waals surface area contributed by atoms with Crippen LogP contribution in [0.1, 0.15) is 55.7 Å². The summed E-state index contributed by atoms with van der Waals surface area (Å²) in [4.78, 5) is 10.8. The molecule has 0 aliphatic rings. The molecule has 0 aromatic heterocycles. The van der Waals surface area contributed by atoms with E-state index in [9.17, 15) is 4.79 Å². The van der Waals surface area contributed by atoms with Crippen molar-refractivity contribution >= 4 is 22.2 Å². The van der Waals surface area contributed by atoms with Crippen LogP contribution in [0.15, 0.2) is 10.5 Å². The Hall–Kier alpha value is -0.830. The van der Waals surface area contributed by atoms with Crippen LogP contribution in [-0.2, 0) is 4.79 Å². The summed E-state index contributed by atoms with van der Waals surface area (Å²) in [6.07, 6.45) is 1.49. The number of hydrogen-bond acceptors (Lipinski definition) is 2. The molecule has 3 heteroatoms. The highest BCUT2D eigenvalue weighted by molar-refractivity contribution is 9.10. The standard InChI is InChI=1S/C15H21BrO2/c1-9(2)12-8-13(16)11(4)14(15(12)18-5)10(3)6-7-17/h7-10H,6H2,1-5H3. The quantitative estimate of drug-likeness (QED) is 0.744. The Morgan fingerprint density at radius 1 is 1.39 bits per heavy atom. The fourth-order valence-electron chi connectivity index (χ4n) is 2.28. The van der Waals surface area contributed by atoms with Crippen molar-refractivity contribution in [2.24, 2.45) is 0 Å². The van der Waals surface area contributed by atoms with Crippen molar-refractivity contribution in [1.82, 2.24) is 0 Å². The predicted octanol–water partition coefficient (Wildman–Crippen LogP) is 4.58. The number of benzene rings is 1. The Balaban J connectivity index is 3.49. The van der Waals surface area contributed by atoms with Gasteiger partial charge in [0, 0.05) is 16.5 Å². The molecule has 0 fully saturated rings. The van der Waals surface area contributed by atoms with Gasteiger partial charge >= 0.3 is 0 Å². The van der Waals surface area contributed by atoms with Crippen LogP contribution in [0.25, 0.3) is 0 Å². The summed E-state index contributed by atoms with van der Waals surface area (Å²) in [6, 6.07) is 2.12. The average molecular weight is 313 g/mol. The Morgan fingerprint density at radius 3 is 2.44 bits per heavy atom. The van der Waals surface area contributed by atoms with E-state index in [4.69, 9.17) is 4.74 Å². The molecule has 0 N–H and O–H groups in total. The van der Waals surface area contributed by atoms with Crippen LogP contribution >= 0.6 is 15.9 Å². The zero-order valence-electron chi connectivity index (χ0n) is 11.7. The predicted molar refractivity (Wildman–Crippen MR) is 78.6 cm³/mol. The molecule has 0 heterocycles. The van der Waals surface area contributed by atoms with Crippen LogP contribution in [-0.4, -0.2) is 13.4 Å². The van der Waals surface area contributed by atoms with E-state index in [1.165, 1.54) is 5.56 Å². The number of hydrogen-bond donors (Lipinski definition) is 0. The van der Waals surface area contributed by atoms with Crippen molar-refractivity contribution < 1.29 is 9.53 Å². The number of halogens is 1. The highest BCUT2D eigenvalue weighted by Crippen LogP contribution is 2.41. The molecule has 0 saturated heterocycles. The summed E-state index contributed by atoms with van der Waals surface area (Å²) in [5.74, 6) is 1.49. The van der Waals surface area contributed by atoms with E-state index in [-0.39, 0.29) is 5.92 Å². The van der Waals surface area contributed by atoms with Crippen molar-refractivity contribution in [2.45, 2.75) is 46.0 Å². The van der Waals surface area contributed by atoms with Crippen LogP contribution < -0.4 is 4.74 Å². The van der Waals surface area contributed by atoms with E-state index < -0.39 is 0 Å². The maximum absolute atomic E-state index is 10.8. The average Bonchev–Trinajstić information content (AvgIpc) is 2.31. The molecule has 18 heavy (non-hydrogen) atoms. The largest absolute Gasteiger partial charge is 0.496 e. The van der Waals surface area contributed by atoms with Gasteiger partial charge in [-0.1, -0.05) is 36.7 Å². The third-order valence-electron chi connectivity index (χ3n) is 3.32. The monoisotopic (exact) mass is 312 g/mol. The van der Waals surface area contributed by atoms with E-state index >= 15 is 0 Å².